The average molecular weight is 278 g/mol. The number of benzene rings is 1. The summed E-state index contributed by atoms with van der Waals surface area (Å²) in [4.78, 5) is 23.6. The summed E-state index contributed by atoms with van der Waals surface area (Å²) < 4.78 is 5.10. The smallest absolute Gasteiger partial charge is 0.313 e. The van der Waals surface area contributed by atoms with Gasteiger partial charge in [-0.25, -0.2) is 0 Å². The zero-order chi connectivity index (χ0) is 15.3. The number of carbonyl (C=O) groups excluding carboxylic acids is 2. The highest BCUT2D eigenvalue weighted by Gasteiger charge is 2.27. The summed E-state index contributed by atoms with van der Waals surface area (Å²) in [6, 6.07) is 8.93. The minimum atomic E-state index is -0.911. The van der Waals surface area contributed by atoms with Crippen molar-refractivity contribution in [3.05, 3.63) is 35.9 Å². The molecule has 0 heterocycles. The molecule has 1 aromatic carbocycles. The second-order valence-corrected chi connectivity index (χ2v) is 5.87. The highest BCUT2D eigenvalue weighted by atomic mass is 16.6. The predicted octanol–water partition coefficient (Wildman–Crippen LogP) is 2.66. The third-order valence-corrected chi connectivity index (χ3v) is 2.86. The molecular weight excluding hydrogens is 256 g/mol. The minimum Gasteiger partial charge on any atom is -0.460 e. The summed E-state index contributed by atoms with van der Waals surface area (Å²) in [5.74, 6) is -1.53. The van der Waals surface area contributed by atoms with Gasteiger partial charge in [0.2, 0.25) is 0 Å². The molecule has 0 fully saturated rings. The molecule has 0 aromatic heterocycles. The van der Waals surface area contributed by atoms with Crippen molar-refractivity contribution in [1.29, 1.82) is 0 Å². The molecule has 0 spiro atoms. The van der Waals surface area contributed by atoms with Crippen LogP contribution < -0.4 is 0 Å². The normalized spacial score (nSPS) is 14.4. The number of ketones is 1. The van der Waals surface area contributed by atoms with Crippen LogP contribution in [-0.4, -0.2) is 22.5 Å². The maximum absolute atomic E-state index is 12.0. The van der Waals surface area contributed by atoms with E-state index in [4.69, 9.17) is 4.74 Å². The molecule has 0 amide bonds. The van der Waals surface area contributed by atoms with E-state index in [1.807, 2.05) is 6.07 Å². The van der Waals surface area contributed by atoms with Crippen LogP contribution in [0.3, 0.4) is 0 Å². The van der Waals surface area contributed by atoms with Crippen LogP contribution in [0.25, 0.3) is 0 Å². The van der Waals surface area contributed by atoms with Gasteiger partial charge in [0.1, 0.15) is 17.8 Å². The van der Waals surface area contributed by atoms with Crippen molar-refractivity contribution in [3.8, 4) is 0 Å². The SMILES string of the molecule is C[C@@H](C(=O)CC(=O)OC(C)(C)C)[C@@H](O)c1ccccc1. The molecule has 0 saturated carbocycles. The lowest BCUT2D eigenvalue weighted by atomic mass is 9.92. The van der Waals surface area contributed by atoms with Crippen molar-refractivity contribution in [2.24, 2.45) is 5.92 Å². The number of aliphatic hydroxyl groups excluding tert-OH is 1. The zero-order valence-corrected chi connectivity index (χ0v) is 12.4. The molecule has 0 aliphatic carbocycles. The van der Waals surface area contributed by atoms with Crippen LogP contribution in [0.15, 0.2) is 30.3 Å². The van der Waals surface area contributed by atoms with Crippen LogP contribution in [-0.2, 0) is 14.3 Å². The lowest BCUT2D eigenvalue weighted by Crippen LogP contribution is -2.28. The van der Waals surface area contributed by atoms with Gasteiger partial charge < -0.3 is 9.84 Å². The van der Waals surface area contributed by atoms with Gasteiger partial charge in [0.15, 0.2) is 0 Å². The summed E-state index contributed by atoms with van der Waals surface area (Å²) in [6.07, 6.45) is -1.23. The minimum absolute atomic E-state index is 0.317. The lowest BCUT2D eigenvalue weighted by Gasteiger charge is -2.21. The Morgan fingerprint density at radius 1 is 1.20 bits per heavy atom. The topological polar surface area (TPSA) is 63.6 Å². The van der Waals surface area contributed by atoms with Gasteiger partial charge in [-0.05, 0) is 26.3 Å². The summed E-state index contributed by atoms with van der Waals surface area (Å²) in [6.45, 7) is 6.86. The second-order valence-electron chi connectivity index (χ2n) is 5.87. The molecule has 4 nitrogen and oxygen atoms in total. The highest BCUT2D eigenvalue weighted by molar-refractivity contribution is 5.97. The molecule has 0 radical (unpaired) electrons. The Labute approximate surface area is 119 Å². The van der Waals surface area contributed by atoms with E-state index in [0.717, 1.165) is 0 Å². The van der Waals surface area contributed by atoms with Gasteiger partial charge in [0.25, 0.3) is 0 Å². The summed E-state index contributed by atoms with van der Waals surface area (Å²) >= 11 is 0. The number of rotatable bonds is 5. The fourth-order valence-corrected chi connectivity index (χ4v) is 1.80. The Kier molecular flexibility index (Phi) is 5.45. The van der Waals surface area contributed by atoms with Crippen LogP contribution in [0.5, 0.6) is 0 Å². The lowest BCUT2D eigenvalue weighted by molar-refractivity contribution is -0.157. The van der Waals surface area contributed by atoms with Crippen LogP contribution in [0.2, 0.25) is 0 Å². The van der Waals surface area contributed by atoms with Crippen molar-refractivity contribution < 1.29 is 19.4 Å². The van der Waals surface area contributed by atoms with Gasteiger partial charge in [-0.2, -0.15) is 0 Å². The summed E-state index contributed by atoms with van der Waals surface area (Å²) in [5.41, 5.74) is 0.0519. The summed E-state index contributed by atoms with van der Waals surface area (Å²) in [5, 5.41) is 10.1. The monoisotopic (exact) mass is 278 g/mol. The quantitative estimate of drug-likeness (QED) is 0.664. The van der Waals surface area contributed by atoms with Gasteiger partial charge in [0.05, 0.1) is 6.10 Å². The Morgan fingerprint density at radius 3 is 2.25 bits per heavy atom. The third kappa shape index (κ3) is 5.13. The number of hydrogen-bond donors (Lipinski definition) is 1. The van der Waals surface area contributed by atoms with Crippen molar-refractivity contribution in [1.82, 2.24) is 0 Å². The number of hydrogen-bond acceptors (Lipinski definition) is 4. The van der Waals surface area contributed by atoms with Crippen LogP contribution >= 0.6 is 0 Å². The van der Waals surface area contributed by atoms with Gasteiger partial charge >= 0.3 is 5.97 Å². The molecule has 110 valence electrons. The molecule has 4 heteroatoms. The number of esters is 1. The molecule has 1 N–H and O–H groups in total. The van der Waals surface area contributed by atoms with E-state index in [1.54, 1.807) is 52.0 Å². The van der Waals surface area contributed by atoms with Crippen LogP contribution in [0.4, 0.5) is 0 Å². The van der Waals surface area contributed by atoms with Crippen molar-refractivity contribution >= 4 is 11.8 Å². The van der Waals surface area contributed by atoms with Gasteiger partial charge in [-0.3, -0.25) is 9.59 Å². The van der Waals surface area contributed by atoms with E-state index in [2.05, 4.69) is 0 Å². The molecule has 0 bridgehead atoms. The van der Waals surface area contributed by atoms with E-state index in [1.165, 1.54) is 0 Å². The molecule has 0 saturated heterocycles. The van der Waals surface area contributed by atoms with Gasteiger partial charge in [-0.1, -0.05) is 37.3 Å². The van der Waals surface area contributed by atoms with E-state index in [-0.39, 0.29) is 12.2 Å². The number of aliphatic hydroxyl groups is 1. The first-order chi connectivity index (χ1) is 9.20. The van der Waals surface area contributed by atoms with Crippen LogP contribution in [0, 0.1) is 5.92 Å². The van der Waals surface area contributed by atoms with Crippen molar-refractivity contribution in [2.75, 3.05) is 0 Å². The van der Waals surface area contributed by atoms with E-state index >= 15 is 0 Å². The average Bonchev–Trinajstić information content (AvgIpc) is 2.35. The van der Waals surface area contributed by atoms with E-state index < -0.39 is 23.6 Å². The molecule has 1 rings (SSSR count). The number of carbonyl (C=O) groups is 2. The Hall–Kier alpha value is -1.68. The van der Waals surface area contributed by atoms with Crippen LogP contribution in [0.1, 0.15) is 45.8 Å². The van der Waals surface area contributed by atoms with E-state index in [0.29, 0.717) is 5.56 Å². The fourth-order valence-electron chi connectivity index (χ4n) is 1.80. The standard InChI is InChI=1S/C16H22O4/c1-11(15(19)12-8-6-5-7-9-12)13(17)10-14(18)20-16(2,3)4/h5-9,11,15,19H,10H2,1-4H3/t11-,15+/m0/s1. The second kappa shape index (κ2) is 6.66. The first-order valence-corrected chi connectivity index (χ1v) is 6.68. The van der Waals surface area contributed by atoms with Crippen molar-refractivity contribution in [2.45, 2.75) is 45.8 Å². The molecule has 20 heavy (non-hydrogen) atoms. The van der Waals surface area contributed by atoms with Crippen molar-refractivity contribution in [3.63, 3.8) is 0 Å². The van der Waals surface area contributed by atoms with Gasteiger partial charge in [-0.15, -0.1) is 0 Å². The number of ether oxygens (including phenoxy) is 1. The third-order valence-electron chi connectivity index (χ3n) is 2.86. The molecule has 2 atom stereocenters. The Morgan fingerprint density at radius 2 is 1.75 bits per heavy atom. The Balaban J connectivity index is 2.61. The summed E-state index contributed by atoms with van der Waals surface area (Å²) in [7, 11) is 0. The predicted molar refractivity (Wildman–Crippen MR) is 76.0 cm³/mol. The fraction of sp³-hybridized carbons (Fsp3) is 0.500. The molecular formula is C16H22O4. The molecule has 0 unspecified atom stereocenters. The first kappa shape index (κ1) is 16.4. The Bertz CT molecular complexity index is 459. The maximum atomic E-state index is 12.0. The molecule has 0 aliphatic heterocycles. The number of Topliss-reactive ketones (excluding diaryl/α,β-unsaturated/α-hetero) is 1. The zero-order valence-electron chi connectivity index (χ0n) is 12.4. The largest absolute Gasteiger partial charge is 0.460 e. The van der Waals surface area contributed by atoms with Gasteiger partial charge in [0, 0.05) is 5.92 Å². The maximum Gasteiger partial charge on any atom is 0.313 e. The molecule has 0 aliphatic rings. The highest BCUT2D eigenvalue weighted by Crippen LogP contribution is 2.23. The molecule has 1 aromatic rings. The first-order valence-electron chi connectivity index (χ1n) is 6.68. The van der Waals surface area contributed by atoms with E-state index in [9.17, 15) is 14.7 Å².